The van der Waals surface area contributed by atoms with Crippen molar-refractivity contribution in [3.8, 4) is 0 Å². The van der Waals surface area contributed by atoms with Gasteiger partial charge in [-0.1, -0.05) is 12.1 Å². The van der Waals surface area contributed by atoms with Crippen molar-refractivity contribution in [2.45, 2.75) is 31.1 Å². The van der Waals surface area contributed by atoms with Crippen LogP contribution in [0, 0.1) is 13.8 Å². The van der Waals surface area contributed by atoms with Crippen molar-refractivity contribution in [1.82, 2.24) is 4.98 Å². The molecule has 0 saturated heterocycles. The summed E-state index contributed by atoms with van der Waals surface area (Å²) >= 11 is 3.52. The predicted octanol–water partition coefficient (Wildman–Crippen LogP) is 3.54. The number of benzene rings is 1. The SMILES string of the molecule is Cc1nc(CSc2cccc(CO)c2)sc1C. The maximum absolute atomic E-state index is 9.07. The second-order valence-electron chi connectivity index (χ2n) is 3.84. The van der Waals surface area contributed by atoms with Crippen molar-refractivity contribution in [1.29, 1.82) is 0 Å². The van der Waals surface area contributed by atoms with E-state index in [0.717, 1.165) is 17.0 Å². The van der Waals surface area contributed by atoms with Crippen LogP contribution in [-0.2, 0) is 12.4 Å². The fourth-order valence-electron chi connectivity index (χ4n) is 1.48. The van der Waals surface area contributed by atoms with Gasteiger partial charge in [0.15, 0.2) is 0 Å². The molecule has 17 heavy (non-hydrogen) atoms. The van der Waals surface area contributed by atoms with E-state index >= 15 is 0 Å². The second-order valence-corrected chi connectivity index (χ2v) is 6.18. The normalized spacial score (nSPS) is 10.8. The first-order chi connectivity index (χ1) is 8.19. The number of aromatic nitrogens is 1. The number of thiazole rings is 1. The van der Waals surface area contributed by atoms with Crippen molar-refractivity contribution in [3.05, 3.63) is 45.4 Å². The second kappa shape index (κ2) is 5.67. The molecule has 90 valence electrons. The van der Waals surface area contributed by atoms with E-state index in [1.54, 1.807) is 23.1 Å². The zero-order valence-corrected chi connectivity index (χ0v) is 11.6. The lowest BCUT2D eigenvalue weighted by Gasteiger charge is -2.01. The summed E-state index contributed by atoms with van der Waals surface area (Å²) in [5.74, 6) is 0.897. The van der Waals surface area contributed by atoms with Gasteiger partial charge < -0.3 is 5.11 Å². The van der Waals surface area contributed by atoms with Gasteiger partial charge in [-0.25, -0.2) is 4.98 Å². The fraction of sp³-hybridized carbons (Fsp3) is 0.308. The minimum Gasteiger partial charge on any atom is -0.392 e. The van der Waals surface area contributed by atoms with Crippen LogP contribution in [0.3, 0.4) is 0 Å². The van der Waals surface area contributed by atoms with Gasteiger partial charge in [0, 0.05) is 9.77 Å². The highest BCUT2D eigenvalue weighted by atomic mass is 32.2. The molecule has 2 rings (SSSR count). The molecule has 4 heteroatoms. The Morgan fingerprint density at radius 3 is 2.82 bits per heavy atom. The van der Waals surface area contributed by atoms with Gasteiger partial charge in [-0.2, -0.15) is 0 Å². The van der Waals surface area contributed by atoms with Gasteiger partial charge in [-0.05, 0) is 31.5 Å². The number of aliphatic hydroxyl groups excluding tert-OH is 1. The van der Waals surface area contributed by atoms with Crippen LogP contribution < -0.4 is 0 Å². The maximum Gasteiger partial charge on any atom is 0.103 e. The zero-order chi connectivity index (χ0) is 12.3. The molecular formula is C13H15NOS2. The summed E-state index contributed by atoms with van der Waals surface area (Å²) < 4.78 is 0. The van der Waals surface area contributed by atoms with E-state index in [2.05, 4.69) is 18.0 Å². The lowest BCUT2D eigenvalue weighted by Crippen LogP contribution is -1.84. The van der Waals surface area contributed by atoms with Crippen LogP contribution in [0.25, 0.3) is 0 Å². The summed E-state index contributed by atoms with van der Waals surface area (Å²) in [7, 11) is 0. The molecule has 2 nitrogen and oxygen atoms in total. The average molecular weight is 265 g/mol. The molecule has 0 unspecified atom stereocenters. The van der Waals surface area contributed by atoms with Gasteiger partial charge in [0.1, 0.15) is 5.01 Å². The molecule has 0 fully saturated rings. The van der Waals surface area contributed by atoms with Crippen LogP contribution in [0.5, 0.6) is 0 Å². The van der Waals surface area contributed by atoms with Gasteiger partial charge in [0.2, 0.25) is 0 Å². The predicted molar refractivity (Wildman–Crippen MR) is 73.5 cm³/mol. The third-order valence-electron chi connectivity index (χ3n) is 2.52. The average Bonchev–Trinajstić information content (AvgIpc) is 2.67. The molecular weight excluding hydrogens is 250 g/mol. The number of rotatable bonds is 4. The molecule has 0 bridgehead atoms. The number of hydrogen-bond donors (Lipinski definition) is 1. The van der Waals surface area contributed by atoms with Crippen molar-refractivity contribution in [2.24, 2.45) is 0 Å². The Morgan fingerprint density at radius 1 is 1.35 bits per heavy atom. The van der Waals surface area contributed by atoms with Crippen molar-refractivity contribution in [2.75, 3.05) is 0 Å². The molecule has 0 radical (unpaired) electrons. The highest BCUT2D eigenvalue weighted by molar-refractivity contribution is 7.98. The molecule has 1 aromatic heterocycles. The molecule has 1 N–H and O–H groups in total. The van der Waals surface area contributed by atoms with Crippen LogP contribution in [0.1, 0.15) is 21.1 Å². The smallest absolute Gasteiger partial charge is 0.103 e. The molecule has 0 aliphatic rings. The lowest BCUT2D eigenvalue weighted by atomic mass is 10.2. The number of thioether (sulfide) groups is 1. The summed E-state index contributed by atoms with van der Waals surface area (Å²) in [6.45, 7) is 4.25. The molecule has 0 aliphatic carbocycles. The summed E-state index contributed by atoms with van der Waals surface area (Å²) in [5.41, 5.74) is 2.09. The topological polar surface area (TPSA) is 33.1 Å². The zero-order valence-electron chi connectivity index (χ0n) is 9.93. The van der Waals surface area contributed by atoms with Crippen LogP contribution >= 0.6 is 23.1 Å². The van der Waals surface area contributed by atoms with E-state index in [-0.39, 0.29) is 6.61 Å². The Kier molecular flexibility index (Phi) is 4.20. The minimum absolute atomic E-state index is 0.101. The van der Waals surface area contributed by atoms with Gasteiger partial charge in [-0.15, -0.1) is 23.1 Å². The Morgan fingerprint density at radius 2 is 2.18 bits per heavy atom. The van der Waals surface area contributed by atoms with Crippen LogP contribution in [0.15, 0.2) is 29.2 Å². The van der Waals surface area contributed by atoms with Crippen molar-refractivity contribution >= 4 is 23.1 Å². The number of nitrogens with zero attached hydrogens (tertiary/aromatic N) is 1. The monoisotopic (exact) mass is 265 g/mol. The van der Waals surface area contributed by atoms with Crippen molar-refractivity contribution < 1.29 is 5.11 Å². The standard InChI is InChI=1S/C13H15NOS2/c1-9-10(2)17-13(14-9)8-16-12-5-3-4-11(6-12)7-15/h3-6,15H,7-8H2,1-2H3. The van der Waals surface area contributed by atoms with E-state index in [9.17, 15) is 0 Å². The summed E-state index contributed by atoms with van der Waals surface area (Å²) in [4.78, 5) is 6.99. The minimum atomic E-state index is 0.101. The summed E-state index contributed by atoms with van der Waals surface area (Å²) in [6, 6.07) is 8.00. The Labute approximate surface area is 110 Å². The first kappa shape index (κ1) is 12.6. The summed E-state index contributed by atoms with van der Waals surface area (Å²) in [5, 5.41) is 10.2. The van der Waals surface area contributed by atoms with E-state index in [1.165, 1.54) is 14.8 Å². The Bertz CT molecular complexity index is 488. The van der Waals surface area contributed by atoms with Crippen LogP contribution in [0.2, 0.25) is 0 Å². The third kappa shape index (κ3) is 3.31. The highest BCUT2D eigenvalue weighted by Gasteiger charge is 2.04. The molecule has 2 aromatic rings. The maximum atomic E-state index is 9.07. The lowest BCUT2D eigenvalue weighted by molar-refractivity contribution is 0.281. The molecule has 1 heterocycles. The number of hydrogen-bond acceptors (Lipinski definition) is 4. The number of aliphatic hydroxyl groups is 1. The molecule has 1 aromatic carbocycles. The largest absolute Gasteiger partial charge is 0.392 e. The molecule has 0 saturated carbocycles. The molecule has 0 spiro atoms. The number of aryl methyl sites for hydroxylation is 2. The first-order valence-electron chi connectivity index (χ1n) is 5.44. The third-order valence-corrected chi connectivity index (χ3v) is 4.78. The van der Waals surface area contributed by atoms with E-state index in [1.807, 2.05) is 25.1 Å². The van der Waals surface area contributed by atoms with Gasteiger partial charge in [0.05, 0.1) is 18.1 Å². The van der Waals surface area contributed by atoms with E-state index in [4.69, 9.17) is 5.11 Å². The van der Waals surface area contributed by atoms with E-state index in [0.29, 0.717) is 0 Å². The van der Waals surface area contributed by atoms with Crippen molar-refractivity contribution in [3.63, 3.8) is 0 Å². The molecule has 0 amide bonds. The first-order valence-corrected chi connectivity index (χ1v) is 7.25. The van der Waals surface area contributed by atoms with Gasteiger partial charge in [-0.3, -0.25) is 0 Å². The van der Waals surface area contributed by atoms with Crippen LogP contribution in [0.4, 0.5) is 0 Å². The summed E-state index contributed by atoms with van der Waals surface area (Å²) in [6.07, 6.45) is 0. The quantitative estimate of drug-likeness (QED) is 0.858. The Hall–Kier alpha value is -0.840. The van der Waals surface area contributed by atoms with E-state index < -0.39 is 0 Å². The van der Waals surface area contributed by atoms with Gasteiger partial charge in [0.25, 0.3) is 0 Å². The Balaban J connectivity index is 2.01. The highest BCUT2D eigenvalue weighted by Crippen LogP contribution is 2.26. The fourth-order valence-corrected chi connectivity index (χ4v) is 3.39. The van der Waals surface area contributed by atoms with Crippen LogP contribution in [-0.4, -0.2) is 10.1 Å². The molecule has 0 aliphatic heterocycles. The molecule has 0 atom stereocenters. The van der Waals surface area contributed by atoms with Gasteiger partial charge >= 0.3 is 0 Å².